The molecular weight excluding hydrogens is 336 g/mol. The van der Waals surface area contributed by atoms with Crippen molar-refractivity contribution in [2.45, 2.75) is 9.79 Å². The van der Waals surface area contributed by atoms with Crippen LogP contribution in [0.5, 0.6) is 0 Å². The fourth-order valence-electron chi connectivity index (χ4n) is 2.03. The Kier molecular flexibility index (Phi) is 5.32. The van der Waals surface area contributed by atoms with E-state index >= 15 is 0 Å². The zero-order valence-corrected chi connectivity index (χ0v) is 14.3. The SMILES string of the molecule is N#Cc1ccc(N=Cc2ccc(Sc3ccc(Cl)cc3)cc2)cc1. The van der Waals surface area contributed by atoms with Crippen molar-refractivity contribution < 1.29 is 0 Å². The van der Waals surface area contributed by atoms with Gasteiger partial charge in [0.25, 0.3) is 0 Å². The number of halogens is 1. The molecule has 24 heavy (non-hydrogen) atoms. The number of hydrogen-bond donors (Lipinski definition) is 0. The Labute approximate surface area is 150 Å². The smallest absolute Gasteiger partial charge is 0.0991 e. The van der Waals surface area contributed by atoms with Crippen LogP contribution in [-0.4, -0.2) is 6.21 Å². The zero-order valence-electron chi connectivity index (χ0n) is 12.7. The molecule has 3 aromatic carbocycles. The highest BCUT2D eigenvalue weighted by molar-refractivity contribution is 7.99. The van der Waals surface area contributed by atoms with Crippen LogP contribution in [0.1, 0.15) is 11.1 Å². The van der Waals surface area contributed by atoms with Crippen molar-refractivity contribution >= 4 is 35.3 Å². The molecule has 0 radical (unpaired) electrons. The summed E-state index contributed by atoms with van der Waals surface area (Å²) in [6, 6.07) is 25.3. The minimum absolute atomic E-state index is 0.637. The van der Waals surface area contributed by atoms with E-state index in [0.717, 1.165) is 26.1 Å². The van der Waals surface area contributed by atoms with E-state index in [4.69, 9.17) is 16.9 Å². The topological polar surface area (TPSA) is 36.1 Å². The second-order valence-corrected chi connectivity index (χ2v) is 6.63. The molecule has 0 unspecified atom stereocenters. The van der Waals surface area contributed by atoms with Crippen LogP contribution in [0.3, 0.4) is 0 Å². The first-order chi connectivity index (χ1) is 11.7. The summed E-state index contributed by atoms with van der Waals surface area (Å²) in [6.07, 6.45) is 1.82. The average Bonchev–Trinajstić information content (AvgIpc) is 2.63. The van der Waals surface area contributed by atoms with Crippen molar-refractivity contribution in [2.75, 3.05) is 0 Å². The first-order valence-electron chi connectivity index (χ1n) is 7.31. The second-order valence-electron chi connectivity index (χ2n) is 5.04. The van der Waals surface area contributed by atoms with Crippen molar-refractivity contribution in [1.82, 2.24) is 0 Å². The van der Waals surface area contributed by atoms with Crippen LogP contribution in [-0.2, 0) is 0 Å². The highest BCUT2D eigenvalue weighted by atomic mass is 35.5. The van der Waals surface area contributed by atoms with Crippen LogP contribution >= 0.6 is 23.4 Å². The van der Waals surface area contributed by atoms with Gasteiger partial charge in [0.1, 0.15) is 0 Å². The molecule has 3 rings (SSSR count). The van der Waals surface area contributed by atoms with Gasteiger partial charge in [-0.25, -0.2) is 0 Å². The molecular formula is C20H13ClN2S. The van der Waals surface area contributed by atoms with Crippen molar-refractivity contribution in [2.24, 2.45) is 4.99 Å². The molecule has 2 nitrogen and oxygen atoms in total. The van der Waals surface area contributed by atoms with E-state index in [2.05, 4.69) is 23.2 Å². The maximum absolute atomic E-state index is 8.78. The molecule has 0 atom stereocenters. The molecule has 0 spiro atoms. The van der Waals surface area contributed by atoms with E-state index < -0.39 is 0 Å². The largest absolute Gasteiger partial charge is 0.256 e. The lowest BCUT2D eigenvalue weighted by atomic mass is 10.2. The van der Waals surface area contributed by atoms with E-state index in [9.17, 15) is 0 Å². The zero-order chi connectivity index (χ0) is 16.8. The van der Waals surface area contributed by atoms with Gasteiger partial charge in [0, 0.05) is 21.0 Å². The van der Waals surface area contributed by atoms with Crippen LogP contribution < -0.4 is 0 Å². The quantitative estimate of drug-likeness (QED) is 0.533. The fourth-order valence-corrected chi connectivity index (χ4v) is 2.97. The molecule has 0 heterocycles. The molecule has 0 bridgehead atoms. The minimum Gasteiger partial charge on any atom is -0.256 e. The number of nitriles is 1. The lowest BCUT2D eigenvalue weighted by molar-refractivity contribution is 1.40. The summed E-state index contributed by atoms with van der Waals surface area (Å²) in [6.45, 7) is 0. The van der Waals surface area contributed by atoms with Crippen LogP contribution in [0.25, 0.3) is 0 Å². The predicted octanol–water partition coefficient (Wildman–Crippen LogP) is 6.11. The third kappa shape index (κ3) is 4.48. The minimum atomic E-state index is 0.637. The van der Waals surface area contributed by atoms with Gasteiger partial charge >= 0.3 is 0 Å². The fraction of sp³-hybridized carbons (Fsp3) is 0. The van der Waals surface area contributed by atoms with Crippen LogP contribution in [0.15, 0.2) is 87.6 Å². The Morgan fingerprint density at radius 2 is 1.42 bits per heavy atom. The third-order valence-electron chi connectivity index (χ3n) is 3.29. The summed E-state index contributed by atoms with van der Waals surface area (Å²) >= 11 is 7.59. The molecule has 0 aliphatic carbocycles. The van der Waals surface area contributed by atoms with Gasteiger partial charge in [-0.2, -0.15) is 5.26 Å². The molecule has 116 valence electrons. The lowest BCUT2D eigenvalue weighted by Crippen LogP contribution is -1.81. The lowest BCUT2D eigenvalue weighted by Gasteiger charge is -2.02. The van der Waals surface area contributed by atoms with E-state index in [1.54, 1.807) is 23.9 Å². The van der Waals surface area contributed by atoms with Crippen LogP contribution in [0.4, 0.5) is 5.69 Å². The normalized spacial score (nSPS) is 10.7. The van der Waals surface area contributed by atoms with Crippen molar-refractivity contribution in [3.05, 3.63) is 88.9 Å². The molecule has 0 N–H and O–H groups in total. The molecule has 0 aliphatic rings. The Bertz CT molecular complexity index is 877. The van der Waals surface area contributed by atoms with Gasteiger partial charge < -0.3 is 0 Å². The Balaban J connectivity index is 1.66. The van der Waals surface area contributed by atoms with Gasteiger partial charge in [-0.1, -0.05) is 35.5 Å². The molecule has 0 saturated carbocycles. The van der Waals surface area contributed by atoms with E-state index in [1.165, 1.54) is 0 Å². The predicted molar refractivity (Wildman–Crippen MR) is 100 cm³/mol. The molecule has 0 fully saturated rings. The van der Waals surface area contributed by atoms with Gasteiger partial charge in [-0.15, -0.1) is 0 Å². The highest BCUT2D eigenvalue weighted by Crippen LogP contribution is 2.28. The number of aliphatic imine (C=N–C) groups is 1. The van der Waals surface area contributed by atoms with Crippen molar-refractivity contribution in [1.29, 1.82) is 5.26 Å². The van der Waals surface area contributed by atoms with Crippen molar-refractivity contribution in [3.8, 4) is 6.07 Å². The highest BCUT2D eigenvalue weighted by Gasteiger charge is 1.98. The summed E-state index contributed by atoms with van der Waals surface area (Å²) in [4.78, 5) is 6.73. The van der Waals surface area contributed by atoms with E-state index in [1.807, 2.05) is 54.7 Å². The Morgan fingerprint density at radius 3 is 2.00 bits per heavy atom. The van der Waals surface area contributed by atoms with Gasteiger partial charge in [0.2, 0.25) is 0 Å². The third-order valence-corrected chi connectivity index (χ3v) is 4.56. The Morgan fingerprint density at radius 1 is 0.833 bits per heavy atom. The van der Waals surface area contributed by atoms with Gasteiger partial charge in [0.15, 0.2) is 0 Å². The monoisotopic (exact) mass is 348 g/mol. The summed E-state index contributed by atoms with van der Waals surface area (Å²) < 4.78 is 0. The van der Waals surface area contributed by atoms with Crippen LogP contribution in [0, 0.1) is 11.3 Å². The van der Waals surface area contributed by atoms with Gasteiger partial charge in [-0.3, -0.25) is 4.99 Å². The molecule has 0 aromatic heterocycles. The molecule has 0 aliphatic heterocycles. The summed E-state index contributed by atoms with van der Waals surface area (Å²) in [5, 5.41) is 9.53. The van der Waals surface area contributed by atoms with E-state index in [0.29, 0.717) is 5.56 Å². The molecule has 3 aromatic rings. The van der Waals surface area contributed by atoms with Crippen molar-refractivity contribution in [3.63, 3.8) is 0 Å². The molecule has 0 amide bonds. The molecule has 0 saturated heterocycles. The first kappa shape index (κ1) is 16.3. The van der Waals surface area contributed by atoms with Crippen LogP contribution in [0.2, 0.25) is 5.02 Å². The number of benzene rings is 3. The number of hydrogen-bond acceptors (Lipinski definition) is 3. The van der Waals surface area contributed by atoms with Gasteiger partial charge in [0.05, 0.1) is 17.3 Å². The average molecular weight is 349 g/mol. The second kappa shape index (κ2) is 7.83. The summed E-state index contributed by atoms with van der Waals surface area (Å²) in [5.74, 6) is 0. The summed E-state index contributed by atoms with van der Waals surface area (Å²) in [7, 11) is 0. The van der Waals surface area contributed by atoms with E-state index in [-0.39, 0.29) is 0 Å². The number of nitrogens with zero attached hydrogens (tertiary/aromatic N) is 2. The standard InChI is InChI=1S/C20H13ClN2S/c21-17-5-11-20(12-6-17)24-19-9-3-16(4-10-19)14-23-18-7-1-15(13-22)2-8-18/h1-12,14H. The summed E-state index contributed by atoms with van der Waals surface area (Å²) in [5.41, 5.74) is 2.49. The maximum Gasteiger partial charge on any atom is 0.0991 e. The molecule has 4 heteroatoms. The van der Waals surface area contributed by atoms with Gasteiger partial charge in [-0.05, 0) is 66.2 Å². The maximum atomic E-state index is 8.78. The number of rotatable bonds is 4. The first-order valence-corrected chi connectivity index (χ1v) is 8.50. The Hall–Kier alpha value is -2.54.